The summed E-state index contributed by atoms with van der Waals surface area (Å²) in [4.78, 5) is 15.7. The number of thiocarbonyl (C=S) groups is 1. The summed E-state index contributed by atoms with van der Waals surface area (Å²) >= 11 is 6.86. The van der Waals surface area contributed by atoms with Gasteiger partial charge in [-0.3, -0.25) is 14.7 Å². The average molecular weight is 562 g/mol. The molecule has 1 amide bonds. The fourth-order valence-corrected chi connectivity index (χ4v) is 6.19. The highest BCUT2D eigenvalue weighted by Crippen LogP contribution is 2.39. The minimum absolute atomic E-state index is 0.109. The number of carbonyl (C=O) groups excluding carboxylic acids is 1. The van der Waals surface area contributed by atoms with E-state index in [-0.39, 0.29) is 11.3 Å². The molecule has 1 atom stereocenters. The van der Waals surface area contributed by atoms with Crippen LogP contribution in [0.25, 0.3) is 6.08 Å². The molecule has 0 bridgehead atoms. The van der Waals surface area contributed by atoms with E-state index in [0.717, 1.165) is 57.1 Å². The third kappa shape index (κ3) is 5.30. The Morgan fingerprint density at radius 3 is 2.23 bits per heavy atom. The first-order valence-electron chi connectivity index (χ1n) is 13.2. The van der Waals surface area contributed by atoms with Crippen LogP contribution in [0.1, 0.15) is 36.1 Å². The van der Waals surface area contributed by atoms with Crippen molar-refractivity contribution < 1.29 is 9.53 Å². The number of amides is 1. The second-order valence-electron chi connectivity index (χ2n) is 9.42. The van der Waals surface area contributed by atoms with E-state index in [2.05, 4.69) is 53.5 Å². The van der Waals surface area contributed by atoms with Crippen LogP contribution in [0, 0.1) is 0 Å². The van der Waals surface area contributed by atoms with Gasteiger partial charge in [0.05, 0.1) is 34.6 Å². The van der Waals surface area contributed by atoms with Crippen molar-refractivity contribution in [3.63, 3.8) is 0 Å². The third-order valence-corrected chi connectivity index (χ3v) is 8.28. The number of anilines is 2. The van der Waals surface area contributed by atoms with Gasteiger partial charge in [-0.1, -0.05) is 85.0 Å². The van der Waals surface area contributed by atoms with Crippen molar-refractivity contribution >= 4 is 57.4 Å². The SMILES string of the molecule is CCOc1ccc(N2C(=O)SC(=Cc3ccc(N4N=C(c5ccccc5)CC4c4ccccc4)cc3)C2=S)cc1. The molecule has 0 spiro atoms. The summed E-state index contributed by atoms with van der Waals surface area (Å²) in [6.07, 6.45) is 2.80. The minimum atomic E-state index is -0.109. The summed E-state index contributed by atoms with van der Waals surface area (Å²) in [5, 5.41) is 7.06. The molecule has 4 aromatic rings. The maximum atomic E-state index is 12.9. The maximum Gasteiger partial charge on any atom is 0.296 e. The lowest BCUT2D eigenvalue weighted by molar-refractivity contribution is 0.268. The highest BCUT2D eigenvalue weighted by molar-refractivity contribution is 8.20. The fourth-order valence-electron chi connectivity index (χ4n) is 4.91. The Morgan fingerprint density at radius 2 is 1.55 bits per heavy atom. The molecule has 0 N–H and O–H groups in total. The average Bonchev–Trinajstić information content (AvgIpc) is 3.56. The molecule has 0 radical (unpaired) electrons. The van der Waals surface area contributed by atoms with Crippen LogP contribution in [0.5, 0.6) is 5.75 Å². The van der Waals surface area contributed by atoms with Crippen molar-refractivity contribution in [2.24, 2.45) is 5.10 Å². The molecule has 6 rings (SSSR count). The zero-order valence-corrected chi connectivity index (χ0v) is 23.6. The number of hydrogen-bond acceptors (Lipinski definition) is 6. The van der Waals surface area contributed by atoms with Crippen molar-refractivity contribution in [1.82, 2.24) is 0 Å². The molecule has 40 heavy (non-hydrogen) atoms. The van der Waals surface area contributed by atoms with Gasteiger partial charge in [0, 0.05) is 6.42 Å². The summed E-state index contributed by atoms with van der Waals surface area (Å²) in [6, 6.07) is 36.6. The predicted octanol–water partition coefficient (Wildman–Crippen LogP) is 8.48. The number of ether oxygens (including phenoxy) is 1. The van der Waals surface area contributed by atoms with E-state index in [9.17, 15) is 4.79 Å². The molecule has 0 aromatic heterocycles. The third-order valence-electron chi connectivity index (χ3n) is 6.86. The first-order valence-corrected chi connectivity index (χ1v) is 14.4. The maximum absolute atomic E-state index is 12.9. The van der Waals surface area contributed by atoms with Gasteiger partial charge >= 0.3 is 0 Å². The van der Waals surface area contributed by atoms with E-state index in [4.69, 9.17) is 22.1 Å². The molecule has 2 aliphatic heterocycles. The molecule has 2 aliphatic rings. The second-order valence-corrected chi connectivity index (χ2v) is 10.8. The molecule has 1 saturated heterocycles. The molecule has 1 unspecified atom stereocenters. The molecule has 0 aliphatic carbocycles. The van der Waals surface area contributed by atoms with Crippen LogP contribution in [-0.2, 0) is 0 Å². The molecule has 2 heterocycles. The predicted molar refractivity (Wildman–Crippen MR) is 169 cm³/mol. The van der Waals surface area contributed by atoms with Crippen molar-refractivity contribution in [3.05, 3.63) is 131 Å². The monoisotopic (exact) mass is 561 g/mol. The van der Waals surface area contributed by atoms with E-state index in [0.29, 0.717) is 11.6 Å². The number of hydrogen-bond donors (Lipinski definition) is 0. The Kier molecular flexibility index (Phi) is 7.49. The first kappa shape index (κ1) is 26.0. The summed E-state index contributed by atoms with van der Waals surface area (Å²) in [5.74, 6) is 0.764. The Hall–Kier alpha value is -4.20. The van der Waals surface area contributed by atoms with Gasteiger partial charge in [0.25, 0.3) is 5.24 Å². The van der Waals surface area contributed by atoms with E-state index in [1.807, 2.05) is 73.7 Å². The molecule has 0 saturated carbocycles. The van der Waals surface area contributed by atoms with Crippen LogP contribution < -0.4 is 14.6 Å². The van der Waals surface area contributed by atoms with Gasteiger partial charge in [0.2, 0.25) is 0 Å². The van der Waals surface area contributed by atoms with E-state index >= 15 is 0 Å². The number of benzene rings is 4. The smallest absolute Gasteiger partial charge is 0.296 e. The Balaban J connectivity index is 1.24. The van der Waals surface area contributed by atoms with Gasteiger partial charge in [-0.05, 0) is 77.9 Å². The summed E-state index contributed by atoms with van der Waals surface area (Å²) in [7, 11) is 0. The van der Waals surface area contributed by atoms with Gasteiger partial charge in [-0.15, -0.1) is 0 Å². The van der Waals surface area contributed by atoms with E-state index in [1.165, 1.54) is 5.56 Å². The number of rotatable bonds is 7. The quantitative estimate of drug-likeness (QED) is 0.167. The highest BCUT2D eigenvalue weighted by Gasteiger charge is 2.33. The van der Waals surface area contributed by atoms with E-state index in [1.54, 1.807) is 4.90 Å². The summed E-state index contributed by atoms with van der Waals surface area (Å²) in [5.41, 5.74) is 6.15. The normalized spacial score (nSPS) is 18.0. The van der Waals surface area contributed by atoms with Crippen molar-refractivity contribution in [1.29, 1.82) is 0 Å². The molecule has 5 nitrogen and oxygen atoms in total. The van der Waals surface area contributed by atoms with Crippen molar-refractivity contribution in [2.45, 2.75) is 19.4 Å². The number of nitrogens with zero attached hydrogens (tertiary/aromatic N) is 3. The van der Waals surface area contributed by atoms with Gasteiger partial charge in [-0.25, -0.2) is 0 Å². The van der Waals surface area contributed by atoms with Crippen LogP contribution in [0.15, 0.2) is 119 Å². The van der Waals surface area contributed by atoms with Gasteiger partial charge in [-0.2, -0.15) is 5.10 Å². The minimum Gasteiger partial charge on any atom is -0.494 e. The van der Waals surface area contributed by atoms with Crippen LogP contribution in [-0.4, -0.2) is 22.5 Å². The van der Waals surface area contributed by atoms with Crippen molar-refractivity contribution in [3.8, 4) is 5.75 Å². The molecular weight excluding hydrogens is 535 g/mol. The number of thioether (sulfide) groups is 1. The van der Waals surface area contributed by atoms with Crippen LogP contribution in [0.4, 0.5) is 16.2 Å². The molecular formula is C33H27N3O2S2. The molecule has 7 heteroatoms. The van der Waals surface area contributed by atoms with Gasteiger partial charge in [0.15, 0.2) is 0 Å². The fraction of sp³-hybridized carbons (Fsp3) is 0.121. The number of hydrazone groups is 1. The second kappa shape index (κ2) is 11.5. The number of carbonyl (C=O) groups is 1. The van der Waals surface area contributed by atoms with Gasteiger partial charge in [0.1, 0.15) is 10.7 Å². The van der Waals surface area contributed by atoms with Crippen LogP contribution in [0.2, 0.25) is 0 Å². The van der Waals surface area contributed by atoms with Crippen LogP contribution in [0.3, 0.4) is 0 Å². The summed E-state index contributed by atoms with van der Waals surface area (Å²) < 4.78 is 5.52. The van der Waals surface area contributed by atoms with Crippen LogP contribution >= 0.6 is 24.0 Å². The molecule has 198 valence electrons. The zero-order valence-electron chi connectivity index (χ0n) is 21.9. The van der Waals surface area contributed by atoms with Crippen molar-refractivity contribution in [2.75, 3.05) is 16.5 Å². The molecule has 4 aromatic carbocycles. The Bertz CT molecular complexity index is 1580. The standard InChI is InChI=1S/C33H27N3O2S2/c1-2-38-28-19-17-26(18-20-28)35-32(39)31(40-33(35)37)21-23-13-15-27(16-14-23)36-30(25-11-7-4-8-12-25)22-29(34-36)24-9-5-3-6-10-24/h3-21,30H,2,22H2,1H3. The molecule has 1 fully saturated rings. The lowest BCUT2D eigenvalue weighted by atomic mass is 9.98. The summed E-state index contributed by atoms with van der Waals surface area (Å²) in [6.45, 7) is 2.53. The first-order chi connectivity index (χ1) is 19.6. The zero-order chi connectivity index (χ0) is 27.5. The van der Waals surface area contributed by atoms with E-state index < -0.39 is 0 Å². The topological polar surface area (TPSA) is 45.1 Å². The Labute approximate surface area is 243 Å². The Morgan fingerprint density at radius 1 is 0.900 bits per heavy atom. The highest BCUT2D eigenvalue weighted by atomic mass is 32.2. The largest absolute Gasteiger partial charge is 0.494 e. The lowest BCUT2D eigenvalue weighted by Gasteiger charge is -2.24. The van der Waals surface area contributed by atoms with Gasteiger partial charge < -0.3 is 4.74 Å². The lowest BCUT2D eigenvalue weighted by Crippen LogP contribution is -2.26.